The molecule has 1 unspecified atom stereocenters. The van der Waals surface area contributed by atoms with Crippen LogP contribution in [-0.4, -0.2) is 47.4 Å². The van der Waals surface area contributed by atoms with Crippen LogP contribution in [0.2, 0.25) is 0 Å². The SMILES string of the molecule is CC(C)(C)OC(=O)N1CC(C(O)CN=O)C1. The molecule has 16 heavy (non-hydrogen) atoms. The number of aliphatic hydroxyl groups is 1. The summed E-state index contributed by atoms with van der Waals surface area (Å²) in [6.07, 6.45) is -1.13. The van der Waals surface area contributed by atoms with Gasteiger partial charge in [-0.2, -0.15) is 4.91 Å². The van der Waals surface area contributed by atoms with E-state index in [1.807, 2.05) is 0 Å². The van der Waals surface area contributed by atoms with Gasteiger partial charge in [-0.25, -0.2) is 4.79 Å². The molecule has 6 nitrogen and oxygen atoms in total. The molecule has 0 aliphatic carbocycles. The number of nitroso groups, excluding NO2 is 1. The number of carbonyl (C=O) groups excluding carboxylic acids is 1. The highest BCUT2D eigenvalue weighted by molar-refractivity contribution is 5.69. The lowest BCUT2D eigenvalue weighted by Gasteiger charge is -2.41. The fourth-order valence-electron chi connectivity index (χ4n) is 1.46. The van der Waals surface area contributed by atoms with Crippen molar-refractivity contribution in [2.75, 3.05) is 19.6 Å². The molecule has 1 rings (SSSR count). The first kappa shape index (κ1) is 12.9. The Kier molecular flexibility index (Phi) is 3.85. The normalized spacial score (nSPS) is 18.9. The molecule has 1 atom stereocenters. The second-order valence-electron chi connectivity index (χ2n) is 5.02. The van der Waals surface area contributed by atoms with E-state index in [0.717, 1.165) is 0 Å². The largest absolute Gasteiger partial charge is 0.444 e. The molecule has 1 aliphatic rings. The number of aliphatic hydroxyl groups excluding tert-OH is 1. The molecule has 0 saturated carbocycles. The van der Waals surface area contributed by atoms with Gasteiger partial charge >= 0.3 is 6.09 Å². The Hall–Kier alpha value is -1.17. The standard InChI is InChI=1S/C10H18N2O4/c1-10(2,3)16-9(14)12-5-7(6-12)8(13)4-11-15/h7-8,13H,4-6H2,1-3H3. The molecule has 1 aliphatic heterocycles. The second kappa shape index (κ2) is 4.78. The molecule has 0 aromatic rings. The van der Waals surface area contributed by atoms with Gasteiger partial charge in [-0.3, -0.25) is 0 Å². The third-order valence-electron chi connectivity index (χ3n) is 2.37. The second-order valence-corrected chi connectivity index (χ2v) is 5.02. The fourth-order valence-corrected chi connectivity index (χ4v) is 1.46. The zero-order valence-corrected chi connectivity index (χ0v) is 9.84. The summed E-state index contributed by atoms with van der Waals surface area (Å²) in [7, 11) is 0. The molecule has 1 heterocycles. The lowest BCUT2D eigenvalue weighted by atomic mass is 9.94. The zero-order chi connectivity index (χ0) is 12.3. The Morgan fingerprint density at radius 1 is 1.56 bits per heavy atom. The van der Waals surface area contributed by atoms with Gasteiger partial charge in [0.15, 0.2) is 0 Å². The van der Waals surface area contributed by atoms with Gasteiger partial charge in [0, 0.05) is 19.0 Å². The van der Waals surface area contributed by atoms with Crippen LogP contribution in [-0.2, 0) is 4.74 Å². The number of carbonyl (C=O) groups is 1. The van der Waals surface area contributed by atoms with Crippen molar-refractivity contribution in [3.63, 3.8) is 0 Å². The zero-order valence-electron chi connectivity index (χ0n) is 9.84. The van der Waals surface area contributed by atoms with E-state index in [9.17, 15) is 14.8 Å². The molecular formula is C10H18N2O4. The number of nitrogens with zero attached hydrogens (tertiary/aromatic N) is 2. The molecule has 0 spiro atoms. The third kappa shape index (κ3) is 3.44. The summed E-state index contributed by atoms with van der Waals surface area (Å²) in [6, 6.07) is 0. The minimum absolute atomic E-state index is 0.0646. The molecule has 0 aromatic heterocycles. The van der Waals surface area contributed by atoms with Gasteiger partial charge in [-0.15, -0.1) is 0 Å². The summed E-state index contributed by atoms with van der Waals surface area (Å²) >= 11 is 0. The first-order valence-electron chi connectivity index (χ1n) is 5.28. The van der Waals surface area contributed by atoms with Crippen molar-refractivity contribution < 1.29 is 14.6 Å². The molecule has 0 aromatic carbocycles. The Balaban J connectivity index is 2.30. The fraction of sp³-hybridized carbons (Fsp3) is 0.900. The van der Waals surface area contributed by atoms with Crippen LogP contribution >= 0.6 is 0 Å². The maximum Gasteiger partial charge on any atom is 0.410 e. The summed E-state index contributed by atoms with van der Waals surface area (Å²) in [5, 5.41) is 12.1. The lowest BCUT2D eigenvalue weighted by Crippen LogP contribution is -2.55. The van der Waals surface area contributed by atoms with Crippen LogP contribution in [0.1, 0.15) is 20.8 Å². The van der Waals surface area contributed by atoms with Crippen molar-refractivity contribution in [3.05, 3.63) is 4.91 Å². The Morgan fingerprint density at radius 3 is 2.56 bits per heavy atom. The first-order valence-corrected chi connectivity index (χ1v) is 5.28. The van der Waals surface area contributed by atoms with Gasteiger partial charge in [0.1, 0.15) is 12.1 Å². The van der Waals surface area contributed by atoms with Crippen LogP contribution < -0.4 is 0 Å². The average Bonchev–Trinajstić information content (AvgIpc) is 1.97. The monoisotopic (exact) mass is 230 g/mol. The van der Waals surface area contributed by atoms with E-state index >= 15 is 0 Å². The number of likely N-dealkylation sites (tertiary alicyclic amines) is 1. The summed E-state index contributed by atoms with van der Waals surface area (Å²) in [6.45, 7) is 6.12. The number of hydrogen-bond acceptors (Lipinski definition) is 5. The van der Waals surface area contributed by atoms with E-state index in [1.165, 1.54) is 4.90 Å². The molecule has 0 radical (unpaired) electrons. The van der Waals surface area contributed by atoms with Crippen LogP contribution in [0, 0.1) is 10.8 Å². The Morgan fingerprint density at radius 2 is 2.12 bits per heavy atom. The summed E-state index contributed by atoms with van der Waals surface area (Å²) in [5.74, 6) is -0.0646. The van der Waals surface area contributed by atoms with Crippen LogP contribution in [0.15, 0.2) is 5.18 Å². The average molecular weight is 230 g/mol. The quantitative estimate of drug-likeness (QED) is 0.733. The van der Waals surface area contributed by atoms with E-state index < -0.39 is 11.7 Å². The van der Waals surface area contributed by atoms with Gasteiger partial charge in [0.2, 0.25) is 0 Å². The number of ether oxygens (including phenoxy) is 1. The molecule has 1 saturated heterocycles. The van der Waals surface area contributed by atoms with Gasteiger partial charge in [0.25, 0.3) is 0 Å². The molecule has 1 N–H and O–H groups in total. The van der Waals surface area contributed by atoms with Crippen molar-refractivity contribution in [1.29, 1.82) is 0 Å². The van der Waals surface area contributed by atoms with Crippen LogP contribution in [0.25, 0.3) is 0 Å². The Labute approximate surface area is 94.5 Å². The minimum atomic E-state index is -0.754. The smallest absolute Gasteiger partial charge is 0.410 e. The maximum absolute atomic E-state index is 11.5. The number of rotatable bonds is 3. The van der Waals surface area contributed by atoms with E-state index in [4.69, 9.17) is 4.74 Å². The highest BCUT2D eigenvalue weighted by Gasteiger charge is 2.37. The van der Waals surface area contributed by atoms with E-state index in [-0.39, 0.29) is 18.6 Å². The van der Waals surface area contributed by atoms with E-state index in [2.05, 4.69) is 5.18 Å². The van der Waals surface area contributed by atoms with Crippen LogP contribution in [0.3, 0.4) is 0 Å². The third-order valence-corrected chi connectivity index (χ3v) is 2.37. The molecule has 1 fully saturated rings. The maximum atomic E-state index is 11.5. The summed E-state index contributed by atoms with van der Waals surface area (Å²) < 4.78 is 5.15. The van der Waals surface area contributed by atoms with Crippen molar-refractivity contribution in [2.24, 2.45) is 11.1 Å². The van der Waals surface area contributed by atoms with Crippen molar-refractivity contribution in [1.82, 2.24) is 4.90 Å². The van der Waals surface area contributed by atoms with Crippen LogP contribution in [0.4, 0.5) is 4.79 Å². The van der Waals surface area contributed by atoms with Gasteiger partial charge in [-0.05, 0) is 20.8 Å². The molecule has 92 valence electrons. The van der Waals surface area contributed by atoms with Gasteiger partial charge in [-0.1, -0.05) is 5.18 Å². The topological polar surface area (TPSA) is 79.2 Å². The Bertz CT molecular complexity index is 268. The van der Waals surface area contributed by atoms with Crippen molar-refractivity contribution >= 4 is 6.09 Å². The molecular weight excluding hydrogens is 212 g/mol. The summed E-state index contributed by atoms with van der Waals surface area (Å²) in [5.41, 5.74) is -0.509. The molecule has 1 amide bonds. The predicted octanol–water partition coefficient (Wildman–Crippen LogP) is 0.981. The number of hydrogen-bond donors (Lipinski definition) is 1. The lowest BCUT2D eigenvalue weighted by molar-refractivity contribution is -0.0281. The highest BCUT2D eigenvalue weighted by atomic mass is 16.6. The highest BCUT2D eigenvalue weighted by Crippen LogP contribution is 2.22. The van der Waals surface area contributed by atoms with E-state index in [0.29, 0.717) is 13.1 Å². The molecule has 6 heteroatoms. The van der Waals surface area contributed by atoms with Gasteiger partial charge < -0.3 is 14.7 Å². The number of amides is 1. The first-order chi connectivity index (χ1) is 7.33. The van der Waals surface area contributed by atoms with Crippen LogP contribution in [0.5, 0.6) is 0 Å². The molecule has 0 bridgehead atoms. The van der Waals surface area contributed by atoms with Crippen molar-refractivity contribution in [2.45, 2.75) is 32.5 Å². The predicted molar refractivity (Wildman–Crippen MR) is 58.0 cm³/mol. The minimum Gasteiger partial charge on any atom is -0.444 e. The van der Waals surface area contributed by atoms with Gasteiger partial charge in [0.05, 0.1) is 6.10 Å². The summed E-state index contributed by atoms with van der Waals surface area (Å²) in [4.78, 5) is 23.0. The van der Waals surface area contributed by atoms with E-state index in [1.54, 1.807) is 20.8 Å². The van der Waals surface area contributed by atoms with Crippen molar-refractivity contribution in [3.8, 4) is 0 Å².